The maximum Gasteiger partial charge on any atom is 0.132 e. The molecule has 1 aliphatic heterocycles. The van der Waals surface area contributed by atoms with E-state index in [0.717, 1.165) is 41.7 Å². The molecule has 1 saturated heterocycles. The molecule has 198 valence electrons. The van der Waals surface area contributed by atoms with Crippen molar-refractivity contribution in [3.63, 3.8) is 0 Å². The molecule has 0 spiro atoms. The van der Waals surface area contributed by atoms with Gasteiger partial charge in [-0.25, -0.2) is 0 Å². The number of Topliss-reactive ketones (excluding diaryl/α,β-unsaturated/α-hetero) is 1. The monoisotopic (exact) mass is 518 g/mol. The van der Waals surface area contributed by atoms with Crippen molar-refractivity contribution in [1.29, 1.82) is 0 Å². The van der Waals surface area contributed by atoms with Gasteiger partial charge in [-0.3, -0.25) is 4.79 Å². The molecule has 0 radical (unpaired) electrons. The van der Waals surface area contributed by atoms with Crippen molar-refractivity contribution in [2.45, 2.75) is 76.0 Å². The number of aliphatic hydroxyl groups is 4. The van der Waals surface area contributed by atoms with Gasteiger partial charge >= 0.3 is 0 Å². The van der Waals surface area contributed by atoms with Crippen molar-refractivity contribution >= 4 is 17.5 Å². The molecule has 0 saturated carbocycles. The molecular weight excluding hydrogens is 480 g/mol. The van der Waals surface area contributed by atoms with E-state index in [9.17, 15) is 30.3 Å². The lowest BCUT2D eigenvalue weighted by Gasteiger charge is -2.40. The van der Waals surface area contributed by atoms with Crippen LogP contribution in [0.2, 0.25) is 0 Å². The van der Waals surface area contributed by atoms with Crippen LogP contribution in [0.25, 0.3) is 0 Å². The second-order valence-electron chi connectivity index (χ2n) is 9.57. The molecule has 0 aliphatic carbocycles. The maximum atomic E-state index is 12.0. The Morgan fingerprint density at radius 1 is 0.972 bits per heavy atom. The number of rotatable bonds is 12. The fraction of sp³-hybridized carbons (Fsp3) is 0.536. The molecular formula is C28H38O7S. The molecule has 8 heteroatoms. The van der Waals surface area contributed by atoms with Gasteiger partial charge in [0.15, 0.2) is 0 Å². The van der Waals surface area contributed by atoms with E-state index in [1.807, 2.05) is 6.92 Å². The highest BCUT2D eigenvalue weighted by atomic mass is 32.2. The van der Waals surface area contributed by atoms with Crippen LogP contribution in [0.5, 0.6) is 5.75 Å². The highest BCUT2D eigenvalue weighted by Crippen LogP contribution is 2.38. The zero-order valence-corrected chi connectivity index (χ0v) is 21.8. The first-order valence-electron chi connectivity index (χ1n) is 12.5. The van der Waals surface area contributed by atoms with Crippen LogP contribution in [-0.4, -0.2) is 74.3 Å². The van der Waals surface area contributed by atoms with Gasteiger partial charge in [-0.1, -0.05) is 24.3 Å². The molecule has 1 heterocycles. The Balaban J connectivity index is 1.65. The molecule has 5 N–H and O–H groups in total. The molecule has 2 aromatic rings. The minimum atomic E-state index is -1.51. The summed E-state index contributed by atoms with van der Waals surface area (Å²) in [5.41, 5.74) is 4.33. The summed E-state index contributed by atoms with van der Waals surface area (Å²) in [6.45, 7) is 1.36. The van der Waals surface area contributed by atoms with Gasteiger partial charge in [0.2, 0.25) is 0 Å². The number of ether oxygens (including phenoxy) is 1. The topological polar surface area (TPSA) is 127 Å². The number of ketones is 1. The van der Waals surface area contributed by atoms with Crippen molar-refractivity contribution in [3.8, 4) is 5.75 Å². The molecule has 1 aliphatic rings. The van der Waals surface area contributed by atoms with E-state index in [1.165, 1.54) is 5.56 Å². The van der Waals surface area contributed by atoms with E-state index in [1.54, 1.807) is 23.9 Å². The molecule has 36 heavy (non-hydrogen) atoms. The van der Waals surface area contributed by atoms with Crippen molar-refractivity contribution < 1.29 is 35.1 Å². The van der Waals surface area contributed by atoms with E-state index >= 15 is 0 Å². The third-order valence-electron chi connectivity index (χ3n) is 6.83. The van der Waals surface area contributed by atoms with Gasteiger partial charge in [0.1, 0.15) is 42.1 Å². The van der Waals surface area contributed by atoms with Crippen LogP contribution >= 0.6 is 11.8 Å². The number of aromatic hydroxyl groups is 1. The fourth-order valence-corrected chi connectivity index (χ4v) is 5.04. The fourth-order valence-electron chi connectivity index (χ4n) is 4.61. The van der Waals surface area contributed by atoms with Crippen molar-refractivity contribution in [2.24, 2.45) is 0 Å². The SMILES string of the molecule is CSCCCC(=O)CCCc1ccc(Cc2cc([C@@H]3O[C@H](CO)[C@@H](O)[C@H](O)[C@H]3O)c(O)cc2C)cc1. The van der Waals surface area contributed by atoms with Gasteiger partial charge in [0.25, 0.3) is 0 Å². The average Bonchev–Trinajstić information content (AvgIpc) is 2.86. The lowest BCUT2D eigenvalue weighted by Crippen LogP contribution is -2.55. The number of carbonyl (C=O) groups is 1. The summed E-state index contributed by atoms with van der Waals surface area (Å²) >= 11 is 1.77. The van der Waals surface area contributed by atoms with E-state index in [2.05, 4.69) is 30.5 Å². The van der Waals surface area contributed by atoms with Crippen molar-refractivity contribution in [2.75, 3.05) is 18.6 Å². The second-order valence-corrected chi connectivity index (χ2v) is 10.6. The van der Waals surface area contributed by atoms with Crippen molar-refractivity contribution in [3.05, 3.63) is 64.2 Å². The predicted octanol–water partition coefficient (Wildman–Crippen LogP) is 2.84. The number of carbonyl (C=O) groups excluding carboxylic acids is 1. The highest BCUT2D eigenvalue weighted by molar-refractivity contribution is 7.98. The van der Waals surface area contributed by atoms with E-state index < -0.39 is 37.1 Å². The molecule has 0 amide bonds. The molecule has 0 unspecified atom stereocenters. The minimum absolute atomic E-state index is 0.0843. The van der Waals surface area contributed by atoms with E-state index in [4.69, 9.17) is 4.74 Å². The standard InChI is InChI=1S/C28H38O7S/c1-17-13-23(31)22(28-27(34)26(33)25(32)24(16-29)35-28)15-20(17)14-19-10-8-18(9-11-19)5-3-6-21(30)7-4-12-36-2/h8-11,13,15,24-29,31-34H,3-7,12,14,16H2,1-2H3/t24-,25-,26+,27-,28+/m1/s1. The Kier molecular flexibility index (Phi) is 10.8. The summed E-state index contributed by atoms with van der Waals surface area (Å²) in [4.78, 5) is 12.0. The first-order valence-corrected chi connectivity index (χ1v) is 13.9. The summed E-state index contributed by atoms with van der Waals surface area (Å²) in [5.74, 6) is 1.27. The Labute approximate surface area is 217 Å². The lowest BCUT2D eigenvalue weighted by atomic mass is 9.88. The number of aryl methyl sites for hydroxylation is 2. The zero-order valence-electron chi connectivity index (χ0n) is 21.0. The normalized spacial score (nSPS) is 24.1. The number of hydrogen-bond donors (Lipinski definition) is 5. The first kappa shape index (κ1) is 28.6. The summed E-state index contributed by atoms with van der Waals surface area (Å²) in [5, 5.41) is 50.7. The second kappa shape index (κ2) is 13.6. The number of aliphatic hydroxyl groups excluding tert-OH is 4. The molecule has 0 bridgehead atoms. The molecule has 3 rings (SSSR count). The third kappa shape index (κ3) is 7.31. The van der Waals surface area contributed by atoms with E-state index in [-0.39, 0.29) is 5.75 Å². The van der Waals surface area contributed by atoms with Crippen LogP contribution in [0.15, 0.2) is 36.4 Å². The Morgan fingerprint density at radius 3 is 2.31 bits per heavy atom. The quantitative estimate of drug-likeness (QED) is 0.272. The smallest absolute Gasteiger partial charge is 0.132 e. The Bertz CT molecular complexity index is 992. The first-order chi connectivity index (χ1) is 17.2. The number of phenols is 1. The van der Waals surface area contributed by atoms with Crippen LogP contribution in [0.1, 0.15) is 59.6 Å². The number of benzene rings is 2. The lowest BCUT2D eigenvalue weighted by molar-refractivity contribution is -0.232. The summed E-state index contributed by atoms with van der Waals surface area (Å²) in [6.07, 6.45) is 0.00581. The van der Waals surface area contributed by atoms with Crippen LogP contribution in [-0.2, 0) is 22.4 Å². The Morgan fingerprint density at radius 2 is 1.64 bits per heavy atom. The molecule has 2 aromatic carbocycles. The molecule has 5 atom stereocenters. The average molecular weight is 519 g/mol. The van der Waals surface area contributed by atoms with Gasteiger partial charge in [-0.2, -0.15) is 11.8 Å². The van der Waals surface area contributed by atoms with Gasteiger partial charge < -0.3 is 30.3 Å². The summed E-state index contributed by atoms with van der Waals surface area (Å²) in [6, 6.07) is 11.6. The van der Waals surface area contributed by atoms with E-state index in [0.29, 0.717) is 30.6 Å². The van der Waals surface area contributed by atoms with Crippen LogP contribution in [0.4, 0.5) is 0 Å². The Hall–Kier alpha value is -1.94. The number of thioether (sulfide) groups is 1. The number of phenolic OH excluding ortho intramolecular Hbond substituents is 1. The van der Waals surface area contributed by atoms with Gasteiger partial charge in [-0.05, 0) is 79.0 Å². The summed E-state index contributed by atoms with van der Waals surface area (Å²) in [7, 11) is 0. The minimum Gasteiger partial charge on any atom is -0.508 e. The molecule has 0 aromatic heterocycles. The molecule has 1 fully saturated rings. The van der Waals surface area contributed by atoms with Crippen LogP contribution in [0.3, 0.4) is 0 Å². The number of hydrogen-bond acceptors (Lipinski definition) is 8. The predicted molar refractivity (Wildman–Crippen MR) is 140 cm³/mol. The highest BCUT2D eigenvalue weighted by Gasteiger charge is 2.44. The summed E-state index contributed by atoms with van der Waals surface area (Å²) < 4.78 is 5.64. The van der Waals surface area contributed by atoms with Crippen molar-refractivity contribution in [1.82, 2.24) is 0 Å². The van der Waals surface area contributed by atoms with Gasteiger partial charge in [-0.15, -0.1) is 0 Å². The van der Waals surface area contributed by atoms with Crippen LogP contribution in [0, 0.1) is 6.92 Å². The molecule has 7 nitrogen and oxygen atoms in total. The van der Waals surface area contributed by atoms with Gasteiger partial charge in [0, 0.05) is 18.4 Å². The van der Waals surface area contributed by atoms with Gasteiger partial charge in [0.05, 0.1) is 6.61 Å². The van der Waals surface area contributed by atoms with Crippen LogP contribution < -0.4 is 0 Å². The maximum absolute atomic E-state index is 12.0. The largest absolute Gasteiger partial charge is 0.508 e. The third-order valence-corrected chi connectivity index (χ3v) is 7.52. The zero-order chi connectivity index (χ0) is 26.2.